The van der Waals surface area contributed by atoms with Crippen LogP contribution < -0.4 is 5.32 Å². The fourth-order valence-corrected chi connectivity index (χ4v) is 4.30. The number of nitro benzene ring substituents is 1. The first kappa shape index (κ1) is 22.8. The van der Waals surface area contributed by atoms with Gasteiger partial charge in [-0.25, -0.2) is 4.99 Å². The number of para-hydroxylation sites is 1. The number of hydrogen-bond donors (Lipinski definition) is 1. The molecular formula is C21H21ClN4O4S. The van der Waals surface area contributed by atoms with Crippen LogP contribution in [0.5, 0.6) is 0 Å². The summed E-state index contributed by atoms with van der Waals surface area (Å²) in [6.45, 7) is 4.50. The highest BCUT2D eigenvalue weighted by Gasteiger charge is 2.39. The Morgan fingerprint density at radius 1 is 1.29 bits per heavy atom. The molecule has 1 unspecified atom stereocenters. The van der Waals surface area contributed by atoms with Crippen molar-refractivity contribution in [3.8, 4) is 0 Å². The molecule has 1 aliphatic rings. The number of non-ortho nitro benzene ring substituents is 1. The number of nitro groups is 1. The molecule has 31 heavy (non-hydrogen) atoms. The van der Waals surface area contributed by atoms with Crippen LogP contribution in [0.1, 0.15) is 20.3 Å². The highest BCUT2D eigenvalue weighted by Crippen LogP contribution is 2.33. The minimum absolute atomic E-state index is 0.106. The Hall–Kier alpha value is -2.91. The average molecular weight is 461 g/mol. The third-order valence-corrected chi connectivity index (χ3v) is 5.86. The van der Waals surface area contributed by atoms with Crippen molar-refractivity contribution >= 4 is 57.4 Å². The summed E-state index contributed by atoms with van der Waals surface area (Å²) in [4.78, 5) is 42.1. The lowest BCUT2D eigenvalue weighted by Gasteiger charge is -2.18. The zero-order chi connectivity index (χ0) is 22.5. The van der Waals surface area contributed by atoms with Crippen LogP contribution in [0, 0.1) is 16.0 Å². The lowest BCUT2D eigenvalue weighted by atomic mass is 10.2. The van der Waals surface area contributed by atoms with Crippen LogP contribution >= 0.6 is 23.4 Å². The second-order valence-corrected chi connectivity index (χ2v) is 8.93. The first-order chi connectivity index (χ1) is 14.7. The SMILES string of the molecule is CC(C)CN1C(=O)C(CC(=O)Nc2cc([N+](=O)[O-])ccc2Cl)SC1=Nc1ccccc1. The first-order valence-corrected chi connectivity index (χ1v) is 10.9. The third-order valence-electron chi connectivity index (χ3n) is 4.35. The number of carbonyl (C=O) groups is 2. The van der Waals surface area contributed by atoms with Gasteiger partial charge < -0.3 is 5.32 Å². The van der Waals surface area contributed by atoms with Gasteiger partial charge in [-0.15, -0.1) is 0 Å². The van der Waals surface area contributed by atoms with E-state index >= 15 is 0 Å². The molecule has 2 aromatic carbocycles. The van der Waals surface area contributed by atoms with Gasteiger partial charge >= 0.3 is 0 Å². The smallest absolute Gasteiger partial charge is 0.271 e. The molecule has 1 heterocycles. The summed E-state index contributed by atoms with van der Waals surface area (Å²) >= 11 is 7.29. The quantitative estimate of drug-likeness (QED) is 0.469. The van der Waals surface area contributed by atoms with Crippen molar-refractivity contribution in [3.05, 3.63) is 63.7 Å². The molecule has 0 bridgehead atoms. The van der Waals surface area contributed by atoms with Crippen LogP contribution in [0.15, 0.2) is 53.5 Å². The fraction of sp³-hybridized carbons (Fsp3) is 0.286. The molecular weight excluding hydrogens is 440 g/mol. The van der Waals surface area contributed by atoms with Gasteiger partial charge in [-0.2, -0.15) is 0 Å². The normalized spacial score (nSPS) is 17.4. The Morgan fingerprint density at radius 3 is 2.65 bits per heavy atom. The van der Waals surface area contributed by atoms with E-state index in [0.717, 1.165) is 5.69 Å². The standard InChI is InChI=1S/C21H21ClN4O4S/c1-13(2)12-25-20(28)18(31-21(25)23-14-6-4-3-5-7-14)11-19(27)24-17-10-15(26(29)30)8-9-16(17)22/h3-10,13,18H,11-12H2,1-2H3,(H,24,27). The summed E-state index contributed by atoms with van der Waals surface area (Å²) in [7, 11) is 0. The third kappa shape index (κ3) is 5.83. The summed E-state index contributed by atoms with van der Waals surface area (Å²) in [5, 5.41) is 13.6. The predicted octanol–water partition coefficient (Wildman–Crippen LogP) is 4.86. The molecule has 1 fully saturated rings. The molecule has 10 heteroatoms. The highest BCUT2D eigenvalue weighted by atomic mass is 35.5. The summed E-state index contributed by atoms with van der Waals surface area (Å²) in [6, 6.07) is 13.1. The van der Waals surface area contributed by atoms with Crippen molar-refractivity contribution in [2.75, 3.05) is 11.9 Å². The number of nitrogens with one attached hydrogen (secondary N) is 1. The van der Waals surface area contributed by atoms with E-state index in [1.54, 1.807) is 4.90 Å². The lowest BCUT2D eigenvalue weighted by molar-refractivity contribution is -0.384. The molecule has 3 rings (SSSR count). The number of carbonyl (C=O) groups excluding carboxylic acids is 2. The average Bonchev–Trinajstić information content (AvgIpc) is 2.98. The van der Waals surface area contributed by atoms with Crippen molar-refractivity contribution in [3.63, 3.8) is 0 Å². The zero-order valence-electron chi connectivity index (χ0n) is 16.9. The minimum Gasteiger partial charge on any atom is -0.325 e. The molecule has 0 saturated carbocycles. The summed E-state index contributed by atoms with van der Waals surface area (Å²) in [5.41, 5.74) is 0.667. The monoisotopic (exact) mass is 460 g/mol. The molecule has 0 aromatic heterocycles. The predicted molar refractivity (Wildman–Crippen MR) is 123 cm³/mol. The maximum Gasteiger partial charge on any atom is 0.271 e. The van der Waals surface area contributed by atoms with E-state index in [9.17, 15) is 19.7 Å². The van der Waals surface area contributed by atoms with Gasteiger partial charge in [0, 0.05) is 25.1 Å². The van der Waals surface area contributed by atoms with E-state index in [-0.39, 0.29) is 34.6 Å². The molecule has 0 radical (unpaired) electrons. The number of amides is 2. The number of amidine groups is 1. The topological polar surface area (TPSA) is 105 Å². The number of halogens is 1. The number of thioether (sulfide) groups is 1. The molecule has 2 aromatic rings. The Balaban J connectivity index is 1.76. The number of aliphatic imine (C=N–C) groups is 1. The molecule has 1 atom stereocenters. The van der Waals surface area contributed by atoms with Crippen molar-refractivity contribution < 1.29 is 14.5 Å². The van der Waals surface area contributed by atoms with E-state index in [1.807, 2.05) is 44.2 Å². The van der Waals surface area contributed by atoms with Gasteiger partial charge in [-0.3, -0.25) is 24.6 Å². The van der Waals surface area contributed by atoms with Gasteiger partial charge in [-0.05, 0) is 24.1 Å². The Bertz CT molecular complexity index is 1030. The van der Waals surface area contributed by atoms with Crippen LogP contribution in [0.4, 0.5) is 17.1 Å². The second kappa shape index (κ2) is 9.93. The maximum absolute atomic E-state index is 13.0. The molecule has 0 spiro atoms. The van der Waals surface area contributed by atoms with Crippen LogP contribution in [0.2, 0.25) is 5.02 Å². The fourth-order valence-electron chi connectivity index (χ4n) is 2.96. The highest BCUT2D eigenvalue weighted by molar-refractivity contribution is 8.15. The van der Waals surface area contributed by atoms with E-state index in [4.69, 9.17) is 11.6 Å². The van der Waals surface area contributed by atoms with Crippen molar-refractivity contribution in [2.24, 2.45) is 10.9 Å². The number of hydrogen-bond acceptors (Lipinski definition) is 6. The van der Waals surface area contributed by atoms with E-state index in [2.05, 4.69) is 10.3 Å². The van der Waals surface area contributed by atoms with Crippen molar-refractivity contribution in [1.29, 1.82) is 0 Å². The van der Waals surface area contributed by atoms with Crippen LogP contribution in [-0.2, 0) is 9.59 Å². The summed E-state index contributed by atoms with van der Waals surface area (Å²) in [6.07, 6.45) is -0.106. The maximum atomic E-state index is 13.0. The molecule has 1 N–H and O–H groups in total. The van der Waals surface area contributed by atoms with Crippen LogP contribution in [-0.4, -0.2) is 38.6 Å². The molecule has 1 saturated heterocycles. The number of rotatable bonds is 7. The molecule has 1 aliphatic heterocycles. The largest absolute Gasteiger partial charge is 0.325 e. The van der Waals surface area contributed by atoms with E-state index < -0.39 is 16.1 Å². The van der Waals surface area contributed by atoms with Crippen molar-refractivity contribution in [1.82, 2.24) is 4.90 Å². The molecule has 0 aliphatic carbocycles. The van der Waals surface area contributed by atoms with Gasteiger partial charge in [0.2, 0.25) is 11.8 Å². The Morgan fingerprint density at radius 2 is 2.00 bits per heavy atom. The number of anilines is 1. The second-order valence-electron chi connectivity index (χ2n) is 7.35. The van der Waals surface area contributed by atoms with Gasteiger partial charge in [0.15, 0.2) is 5.17 Å². The Labute approximate surface area is 188 Å². The van der Waals surface area contributed by atoms with Gasteiger partial charge in [0.05, 0.1) is 21.3 Å². The Kier molecular flexibility index (Phi) is 7.29. The molecule has 2 amide bonds. The lowest BCUT2D eigenvalue weighted by Crippen LogP contribution is -2.36. The molecule has 162 valence electrons. The van der Waals surface area contributed by atoms with Crippen LogP contribution in [0.25, 0.3) is 0 Å². The number of benzene rings is 2. The van der Waals surface area contributed by atoms with Gasteiger partial charge in [0.1, 0.15) is 5.25 Å². The summed E-state index contributed by atoms with van der Waals surface area (Å²) < 4.78 is 0. The van der Waals surface area contributed by atoms with Gasteiger partial charge in [-0.1, -0.05) is 55.4 Å². The van der Waals surface area contributed by atoms with E-state index in [0.29, 0.717) is 11.7 Å². The summed E-state index contributed by atoms with van der Waals surface area (Å²) in [5.74, 6) is -0.422. The van der Waals surface area contributed by atoms with Gasteiger partial charge in [0.25, 0.3) is 5.69 Å². The zero-order valence-corrected chi connectivity index (χ0v) is 18.5. The van der Waals surface area contributed by atoms with E-state index in [1.165, 1.54) is 30.0 Å². The van der Waals surface area contributed by atoms with Crippen molar-refractivity contribution in [2.45, 2.75) is 25.5 Å². The van der Waals surface area contributed by atoms with Crippen LogP contribution in [0.3, 0.4) is 0 Å². The number of nitrogens with zero attached hydrogens (tertiary/aromatic N) is 3. The molecule has 8 nitrogen and oxygen atoms in total. The minimum atomic E-state index is -0.640. The first-order valence-electron chi connectivity index (χ1n) is 9.60.